The molecule has 1 aliphatic rings. The number of carbonyl (C=O) groups is 1. The third kappa shape index (κ3) is 4.91. The molecule has 34 heavy (non-hydrogen) atoms. The van der Waals surface area contributed by atoms with Crippen molar-refractivity contribution in [2.24, 2.45) is 0 Å². The Morgan fingerprint density at radius 1 is 1.15 bits per heavy atom. The lowest BCUT2D eigenvalue weighted by Gasteiger charge is -2.25. The Kier molecular flexibility index (Phi) is 7.03. The third-order valence-corrected chi connectivity index (χ3v) is 7.32. The second-order valence-electron chi connectivity index (χ2n) is 7.70. The molecule has 0 saturated heterocycles. The highest BCUT2D eigenvalue weighted by Gasteiger charge is 2.22. The van der Waals surface area contributed by atoms with Gasteiger partial charge in [-0.3, -0.25) is 4.79 Å². The molecule has 1 amide bonds. The van der Waals surface area contributed by atoms with Crippen LogP contribution in [0.25, 0.3) is 11.0 Å². The van der Waals surface area contributed by atoms with E-state index in [4.69, 9.17) is 19.2 Å². The fraction of sp³-hybridized carbons (Fsp3) is 0.280. The molecule has 0 N–H and O–H groups in total. The second-order valence-corrected chi connectivity index (χ2v) is 9.68. The van der Waals surface area contributed by atoms with E-state index >= 15 is 0 Å². The first-order valence-electron chi connectivity index (χ1n) is 11.0. The van der Waals surface area contributed by atoms with Crippen molar-refractivity contribution < 1.29 is 19.0 Å². The summed E-state index contributed by atoms with van der Waals surface area (Å²) in [4.78, 5) is 21.2. The summed E-state index contributed by atoms with van der Waals surface area (Å²) in [7, 11) is 1.69. The van der Waals surface area contributed by atoms with Crippen molar-refractivity contribution in [3.8, 4) is 11.5 Å². The van der Waals surface area contributed by atoms with E-state index in [1.807, 2.05) is 60.0 Å². The van der Waals surface area contributed by atoms with E-state index in [0.717, 1.165) is 26.8 Å². The Labute approximate surface area is 206 Å². The molecule has 0 unspecified atom stereocenters. The fourth-order valence-electron chi connectivity index (χ4n) is 3.85. The zero-order chi connectivity index (χ0) is 23.3. The number of para-hydroxylation sites is 2. The zero-order valence-electron chi connectivity index (χ0n) is 18.8. The molecule has 176 valence electrons. The first kappa shape index (κ1) is 22.8. The molecular weight excluding hydrogens is 470 g/mol. The van der Waals surface area contributed by atoms with E-state index in [2.05, 4.69) is 4.57 Å². The number of methoxy groups -OCH3 is 1. The predicted molar refractivity (Wildman–Crippen MR) is 135 cm³/mol. The summed E-state index contributed by atoms with van der Waals surface area (Å²) in [5.41, 5.74) is 2.74. The van der Waals surface area contributed by atoms with Gasteiger partial charge in [0.1, 0.15) is 13.2 Å². The van der Waals surface area contributed by atoms with Crippen molar-refractivity contribution in [2.75, 3.05) is 37.6 Å². The molecule has 2 aromatic heterocycles. The Balaban J connectivity index is 1.39. The summed E-state index contributed by atoms with van der Waals surface area (Å²) in [6.07, 6.45) is 0. The summed E-state index contributed by atoms with van der Waals surface area (Å²) in [6.45, 7) is 2.78. The summed E-state index contributed by atoms with van der Waals surface area (Å²) in [6, 6.07) is 17.7. The maximum Gasteiger partial charge on any atom is 0.237 e. The number of hydrogen-bond acceptors (Lipinski definition) is 7. The van der Waals surface area contributed by atoms with Crippen molar-refractivity contribution in [1.82, 2.24) is 9.55 Å². The van der Waals surface area contributed by atoms with Crippen molar-refractivity contribution in [2.45, 2.75) is 18.2 Å². The molecule has 7 nitrogen and oxygen atoms in total. The van der Waals surface area contributed by atoms with Gasteiger partial charge in [-0.25, -0.2) is 4.98 Å². The van der Waals surface area contributed by atoms with Crippen LogP contribution in [0.15, 0.2) is 65.1 Å². The van der Waals surface area contributed by atoms with Gasteiger partial charge in [0.15, 0.2) is 16.7 Å². The number of imidazole rings is 1. The van der Waals surface area contributed by atoms with Crippen LogP contribution in [0.2, 0.25) is 0 Å². The monoisotopic (exact) mass is 495 g/mol. The highest BCUT2D eigenvalue weighted by Crippen LogP contribution is 2.35. The van der Waals surface area contributed by atoms with Crippen molar-refractivity contribution in [3.63, 3.8) is 0 Å². The molecule has 0 bridgehead atoms. The minimum atomic E-state index is 0.000394. The van der Waals surface area contributed by atoms with Gasteiger partial charge in [-0.2, -0.15) is 0 Å². The van der Waals surface area contributed by atoms with E-state index in [1.165, 1.54) is 11.8 Å². The van der Waals surface area contributed by atoms with Gasteiger partial charge in [0, 0.05) is 30.3 Å². The van der Waals surface area contributed by atoms with E-state index in [1.54, 1.807) is 23.3 Å². The number of aromatic nitrogens is 2. The molecule has 0 spiro atoms. The molecule has 4 aromatic rings. The number of carbonyl (C=O) groups excluding carboxylic acids is 1. The summed E-state index contributed by atoms with van der Waals surface area (Å²) in [5.74, 6) is 1.64. The number of amides is 1. The van der Waals surface area contributed by atoms with Crippen LogP contribution < -0.4 is 14.4 Å². The number of anilines is 1. The van der Waals surface area contributed by atoms with E-state index < -0.39 is 0 Å². The summed E-state index contributed by atoms with van der Waals surface area (Å²) < 4.78 is 18.8. The Hall–Kier alpha value is -3.01. The lowest BCUT2D eigenvalue weighted by Crippen LogP contribution is -2.32. The van der Waals surface area contributed by atoms with Gasteiger partial charge in [0.2, 0.25) is 5.91 Å². The number of benzene rings is 2. The van der Waals surface area contributed by atoms with Crippen LogP contribution in [0.5, 0.6) is 11.5 Å². The molecule has 0 radical (unpaired) electrons. The number of thiophene rings is 1. The van der Waals surface area contributed by atoms with Gasteiger partial charge in [-0.15, -0.1) is 11.3 Å². The van der Waals surface area contributed by atoms with Crippen LogP contribution in [-0.2, 0) is 22.6 Å². The number of rotatable bonds is 9. The summed E-state index contributed by atoms with van der Waals surface area (Å²) in [5, 5.41) is 2.83. The Morgan fingerprint density at radius 3 is 2.82 bits per heavy atom. The van der Waals surface area contributed by atoms with Crippen molar-refractivity contribution in [3.05, 3.63) is 64.9 Å². The molecule has 9 heteroatoms. The van der Waals surface area contributed by atoms with Crippen LogP contribution >= 0.6 is 23.1 Å². The van der Waals surface area contributed by atoms with Gasteiger partial charge >= 0.3 is 0 Å². The van der Waals surface area contributed by atoms with Crippen LogP contribution in [0.3, 0.4) is 0 Å². The molecule has 2 aromatic carbocycles. The molecular formula is C25H25N3O4S2. The van der Waals surface area contributed by atoms with E-state index in [9.17, 15) is 4.79 Å². The number of ether oxygens (including phenoxy) is 3. The van der Waals surface area contributed by atoms with Gasteiger partial charge in [0.05, 0.1) is 29.9 Å². The zero-order valence-corrected chi connectivity index (χ0v) is 20.4. The van der Waals surface area contributed by atoms with E-state index in [0.29, 0.717) is 44.4 Å². The predicted octanol–water partition coefficient (Wildman–Crippen LogP) is 4.84. The first-order valence-corrected chi connectivity index (χ1v) is 12.9. The largest absolute Gasteiger partial charge is 0.486 e. The average molecular weight is 496 g/mol. The van der Waals surface area contributed by atoms with Gasteiger partial charge in [-0.05, 0) is 35.7 Å². The molecule has 0 fully saturated rings. The van der Waals surface area contributed by atoms with Crippen LogP contribution in [-0.4, -0.2) is 48.1 Å². The van der Waals surface area contributed by atoms with Crippen LogP contribution in [0.1, 0.15) is 4.88 Å². The molecule has 0 atom stereocenters. The number of nitrogens with zero attached hydrogens (tertiary/aromatic N) is 3. The number of thioether (sulfide) groups is 1. The van der Waals surface area contributed by atoms with Gasteiger partial charge < -0.3 is 23.7 Å². The highest BCUT2D eigenvalue weighted by molar-refractivity contribution is 7.99. The molecule has 3 heterocycles. The highest BCUT2D eigenvalue weighted by atomic mass is 32.2. The van der Waals surface area contributed by atoms with Crippen LogP contribution in [0.4, 0.5) is 5.69 Å². The lowest BCUT2D eigenvalue weighted by atomic mass is 10.2. The van der Waals surface area contributed by atoms with Gasteiger partial charge in [-0.1, -0.05) is 30.0 Å². The molecule has 0 saturated carbocycles. The topological polar surface area (TPSA) is 65.8 Å². The lowest BCUT2D eigenvalue weighted by molar-refractivity contribution is -0.116. The molecule has 0 aliphatic carbocycles. The maximum absolute atomic E-state index is 13.5. The summed E-state index contributed by atoms with van der Waals surface area (Å²) >= 11 is 3.08. The standard InChI is InChI=1S/C25H25N3O4S2/c1-30-11-10-27-21-7-3-2-6-20(21)26-25(27)34-17-24(29)28(16-19-5-4-14-33-19)18-8-9-22-23(15-18)32-13-12-31-22/h2-9,14-15H,10-13,16-17H2,1H3. The van der Waals surface area contributed by atoms with E-state index in [-0.39, 0.29) is 11.7 Å². The third-order valence-electron chi connectivity index (χ3n) is 5.50. The van der Waals surface area contributed by atoms with Gasteiger partial charge in [0.25, 0.3) is 0 Å². The molecule has 1 aliphatic heterocycles. The quantitative estimate of drug-likeness (QED) is 0.310. The number of fused-ring (bicyclic) bond motifs is 2. The minimum Gasteiger partial charge on any atom is -0.486 e. The first-order chi connectivity index (χ1) is 16.7. The van der Waals surface area contributed by atoms with Crippen LogP contribution in [0, 0.1) is 0 Å². The fourth-order valence-corrected chi connectivity index (χ4v) is 5.46. The van der Waals surface area contributed by atoms with Crippen molar-refractivity contribution in [1.29, 1.82) is 0 Å². The normalized spacial score (nSPS) is 12.7. The SMILES string of the molecule is COCCn1c(SCC(=O)N(Cc2cccs2)c2ccc3c(c2)OCCO3)nc2ccccc21. The number of hydrogen-bond donors (Lipinski definition) is 0. The average Bonchev–Trinajstić information content (AvgIpc) is 3.52. The minimum absolute atomic E-state index is 0.000394. The second kappa shape index (κ2) is 10.5. The maximum atomic E-state index is 13.5. The Morgan fingerprint density at radius 2 is 2.00 bits per heavy atom. The smallest absolute Gasteiger partial charge is 0.237 e. The van der Waals surface area contributed by atoms with Crippen molar-refractivity contribution >= 4 is 45.7 Å². The molecule has 5 rings (SSSR count). The Bertz CT molecular complexity index is 1270.